The summed E-state index contributed by atoms with van der Waals surface area (Å²) in [4.78, 5) is 32.7. The number of halogens is 5. The molecular weight excluding hydrogens is 609 g/mol. The number of amides is 1. The highest BCUT2D eigenvalue weighted by Gasteiger charge is 2.32. The third-order valence-corrected chi connectivity index (χ3v) is 7.03. The highest BCUT2D eigenvalue weighted by Crippen LogP contribution is 2.37. The average Bonchev–Trinajstić information content (AvgIpc) is 3.65. The fourth-order valence-corrected chi connectivity index (χ4v) is 4.86. The van der Waals surface area contributed by atoms with Crippen LogP contribution >= 0.6 is 0 Å². The molecule has 5 aromatic rings. The molecule has 6 rings (SSSR count). The van der Waals surface area contributed by atoms with Gasteiger partial charge in [0.05, 0.1) is 16.4 Å². The molecule has 17 heteroatoms. The zero-order valence-electron chi connectivity index (χ0n) is 22.6. The predicted octanol–water partition coefficient (Wildman–Crippen LogP) is 5.92. The number of benzene rings is 3. The summed E-state index contributed by atoms with van der Waals surface area (Å²) in [5.74, 6) is -9.75. The number of ether oxygens (including phenoxy) is 2. The van der Waals surface area contributed by atoms with Crippen molar-refractivity contribution in [1.29, 1.82) is 0 Å². The number of nitrogens with two attached hydrogens (primary N) is 1. The number of hydrogen-bond donors (Lipinski definition) is 1. The first-order chi connectivity index (χ1) is 21.5. The van der Waals surface area contributed by atoms with Gasteiger partial charge >= 0.3 is 6.09 Å². The third kappa shape index (κ3) is 5.39. The normalized spacial score (nSPS) is 14.6. The van der Waals surface area contributed by atoms with E-state index in [9.17, 15) is 32.5 Å². The Balaban J connectivity index is 1.27. The number of anilines is 1. The molecule has 1 atom stereocenters. The first-order valence-corrected chi connectivity index (χ1v) is 13.0. The molecule has 0 radical (unpaired) electrons. The number of nitrogens with zero attached hydrogens (tertiary/aromatic N) is 6. The number of fused-ring (bicyclic) bond motifs is 1. The minimum absolute atomic E-state index is 0.00761. The van der Waals surface area contributed by atoms with Gasteiger partial charge in [-0.1, -0.05) is 0 Å². The van der Waals surface area contributed by atoms with E-state index in [2.05, 4.69) is 15.1 Å². The van der Waals surface area contributed by atoms with E-state index in [-0.39, 0.29) is 58.7 Å². The number of likely N-dealkylation sites (tertiary alicyclic amines) is 1. The van der Waals surface area contributed by atoms with Crippen LogP contribution in [0.1, 0.15) is 12.5 Å². The smallest absolute Gasteiger partial charge is 0.415 e. The molecule has 0 spiro atoms. The standard InChI is InChI=1S/C28H18F5N7O5/c29-18-9-16(44-25-22(32)19(30)10-20(31)23(25)33)5-6-17(18)24-21-26(34)35-12-36-27(21)39(37-24)14-7-8-38(11-14)28(41)45-15-3-1-13(2-4-15)40(42)43/h1-6,9-10,12,14H,7-8,11H2,(H2,34,35,36)/t14-/m1/s1. The molecule has 1 fully saturated rings. The van der Waals surface area contributed by atoms with Crippen LogP contribution in [0.25, 0.3) is 22.3 Å². The van der Waals surface area contributed by atoms with Gasteiger partial charge in [0, 0.05) is 42.9 Å². The number of nitrogen functional groups attached to an aromatic ring is 1. The van der Waals surface area contributed by atoms with E-state index < -0.39 is 57.6 Å². The van der Waals surface area contributed by atoms with Crippen molar-refractivity contribution in [3.05, 3.63) is 94.1 Å². The molecule has 1 aliphatic rings. The number of hydrogen-bond acceptors (Lipinski definition) is 9. The summed E-state index contributed by atoms with van der Waals surface area (Å²) in [5, 5.41) is 15.6. The van der Waals surface area contributed by atoms with Crippen molar-refractivity contribution in [2.45, 2.75) is 12.5 Å². The average molecular weight is 627 g/mol. The Morgan fingerprint density at radius 1 is 0.956 bits per heavy atom. The number of nitro groups is 1. The maximum atomic E-state index is 15.4. The van der Waals surface area contributed by atoms with Crippen LogP contribution in [0.3, 0.4) is 0 Å². The minimum Gasteiger partial charge on any atom is -0.451 e. The molecule has 45 heavy (non-hydrogen) atoms. The molecule has 0 unspecified atom stereocenters. The van der Waals surface area contributed by atoms with Crippen LogP contribution < -0.4 is 15.2 Å². The van der Waals surface area contributed by atoms with Gasteiger partial charge in [0.25, 0.3) is 5.69 Å². The monoisotopic (exact) mass is 627 g/mol. The number of carbonyl (C=O) groups is 1. The quantitative estimate of drug-likeness (QED) is 0.105. The lowest BCUT2D eigenvalue weighted by molar-refractivity contribution is -0.384. The lowest BCUT2D eigenvalue weighted by Gasteiger charge is -2.16. The van der Waals surface area contributed by atoms with Crippen LogP contribution in [0.15, 0.2) is 54.9 Å². The van der Waals surface area contributed by atoms with Crippen molar-refractivity contribution in [3.8, 4) is 28.5 Å². The molecular formula is C28H18F5N7O5. The van der Waals surface area contributed by atoms with Crippen molar-refractivity contribution < 1.29 is 41.1 Å². The summed E-state index contributed by atoms with van der Waals surface area (Å²) in [6, 6.07) is 7.57. The SMILES string of the molecule is Nc1ncnc2c1c(-c1ccc(Oc3c(F)c(F)cc(F)c3F)cc1F)nn2[C@@H]1CCN(C(=O)Oc2ccc([N+](=O)[O-])cc2)C1. The number of aromatic nitrogens is 4. The Morgan fingerprint density at radius 2 is 1.64 bits per heavy atom. The summed E-state index contributed by atoms with van der Waals surface area (Å²) in [7, 11) is 0. The van der Waals surface area contributed by atoms with E-state index in [1.807, 2.05) is 0 Å². The minimum atomic E-state index is -1.80. The van der Waals surface area contributed by atoms with Crippen LogP contribution in [-0.2, 0) is 0 Å². The second-order valence-electron chi connectivity index (χ2n) is 9.80. The van der Waals surface area contributed by atoms with Gasteiger partial charge < -0.3 is 20.1 Å². The van der Waals surface area contributed by atoms with Crippen LogP contribution in [0.4, 0.5) is 38.3 Å². The van der Waals surface area contributed by atoms with E-state index >= 15 is 4.39 Å². The molecule has 3 heterocycles. The highest BCUT2D eigenvalue weighted by atomic mass is 19.2. The number of carbonyl (C=O) groups excluding carboxylic acids is 1. The van der Waals surface area contributed by atoms with Gasteiger partial charge in [0.1, 0.15) is 35.2 Å². The Morgan fingerprint density at radius 3 is 2.31 bits per heavy atom. The first kappa shape index (κ1) is 29.2. The van der Waals surface area contributed by atoms with Gasteiger partial charge in [-0.05, 0) is 30.7 Å². The van der Waals surface area contributed by atoms with Gasteiger partial charge in [-0.2, -0.15) is 13.9 Å². The Hall–Kier alpha value is -5.87. The predicted molar refractivity (Wildman–Crippen MR) is 146 cm³/mol. The van der Waals surface area contributed by atoms with E-state index in [4.69, 9.17) is 15.2 Å². The molecule has 0 bridgehead atoms. The van der Waals surface area contributed by atoms with Gasteiger partial charge in [-0.3, -0.25) is 10.1 Å². The zero-order valence-corrected chi connectivity index (χ0v) is 22.6. The van der Waals surface area contributed by atoms with Gasteiger partial charge in [0.15, 0.2) is 17.3 Å². The lowest BCUT2D eigenvalue weighted by Crippen LogP contribution is -2.31. The summed E-state index contributed by atoms with van der Waals surface area (Å²) < 4.78 is 82.5. The van der Waals surface area contributed by atoms with Crippen molar-refractivity contribution in [2.24, 2.45) is 0 Å². The zero-order chi connectivity index (χ0) is 32.0. The van der Waals surface area contributed by atoms with E-state index in [0.29, 0.717) is 6.42 Å². The largest absolute Gasteiger partial charge is 0.451 e. The van der Waals surface area contributed by atoms with Crippen molar-refractivity contribution >= 4 is 28.6 Å². The van der Waals surface area contributed by atoms with E-state index in [1.54, 1.807) is 0 Å². The second-order valence-corrected chi connectivity index (χ2v) is 9.80. The Labute approximate surface area is 248 Å². The summed E-state index contributed by atoms with van der Waals surface area (Å²) >= 11 is 0. The molecule has 1 saturated heterocycles. The molecule has 0 aliphatic carbocycles. The van der Waals surface area contributed by atoms with Crippen LogP contribution in [0, 0.1) is 39.2 Å². The van der Waals surface area contributed by atoms with Crippen LogP contribution in [-0.4, -0.2) is 48.8 Å². The fraction of sp³-hybridized carbons (Fsp3) is 0.143. The van der Waals surface area contributed by atoms with E-state index in [1.165, 1.54) is 40.2 Å². The Kier molecular flexibility index (Phi) is 7.35. The first-order valence-electron chi connectivity index (χ1n) is 13.0. The van der Waals surface area contributed by atoms with Crippen molar-refractivity contribution in [1.82, 2.24) is 24.6 Å². The van der Waals surface area contributed by atoms with Gasteiger partial charge in [-0.25, -0.2) is 32.6 Å². The molecule has 1 aliphatic heterocycles. The fourth-order valence-electron chi connectivity index (χ4n) is 4.86. The molecule has 2 aromatic heterocycles. The summed E-state index contributed by atoms with van der Waals surface area (Å²) in [5.41, 5.74) is 6.05. The lowest BCUT2D eigenvalue weighted by atomic mass is 10.1. The van der Waals surface area contributed by atoms with Crippen LogP contribution in [0.5, 0.6) is 17.2 Å². The van der Waals surface area contributed by atoms with Crippen LogP contribution in [0.2, 0.25) is 0 Å². The van der Waals surface area contributed by atoms with Gasteiger partial charge in [-0.15, -0.1) is 0 Å². The van der Waals surface area contributed by atoms with Gasteiger partial charge in [0.2, 0.25) is 17.4 Å². The molecule has 12 nitrogen and oxygen atoms in total. The second kappa shape index (κ2) is 11.3. The molecule has 0 saturated carbocycles. The summed E-state index contributed by atoms with van der Waals surface area (Å²) in [6.07, 6.45) is 0.875. The maximum absolute atomic E-state index is 15.4. The molecule has 230 valence electrons. The number of nitro benzene ring substituents is 1. The van der Waals surface area contributed by atoms with E-state index in [0.717, 1.165) is 18.2 Å². The van der Waals surface area contributed by atoms with Crippen molar-refractivity contribution in [3.63, 3.8) is 0 Å². The van der Waals surface area contributed by atoms with Crippen molar-refractivity contribution in [2.75, 3.05) is 18.8 Å². The highest BCUT2D eigenvalue weighted by molar-refractivity contribution is 5.98. The maximum Gasteiger partial charge on any atom is 0.415 e. The Bertz CT molecular complexity index is 1960. The molecule has 1 amide bonds. The molecule has 3 aromatic carbocycles. The number of non-ortho nitro benzene ring substituents is 1. The molecule has 2 N–H and O–H groups in total. The number of rotatable bonds is 6. The third-order valence-electron chi connectivity index (χ3n) is 7.03. The topological polar surface area (TPSA) is 152 Å². The summed E-state index contributed by atoms with van der Waals surface area (Å²) in [6.45, 7) is 0.366.